The molecule has 9 heteroatoms. The van der Waals surface area contributed by atoms with Crippen LogP contribution < -0.4 is 0 Å². The normalized spacial score (nSPS) is 16.8. The monoisotopic (exact) mass is 349 g/mol. The summed E-state index contributed by atoms with van der Waals surface area (Å²) in [7, 11) is -3.23. The fourth-order valence-corrected chi connectivity index (χ4v) is 3.66. The predicted octanol–water partition coefficient (Wildman–Crippen LogP) is 0.375. The molecular weight excluding hydrogens is 330 g/mol. The van der Waals surface area contributed by atoms with E-state index < -0.39 is 10.0 Å². The van der Waals surface area contributed by atoms with Gasteiger partial charge in [-0.15, -0.1) is 0 Å². The molecule has 1 amide bonds. The van der Waals surface area contributed by atoms with E-state index in [2.05, 4.69) is 10.1 Å². The Morgan fingerprint density at radius 1 is 1.12 bits per heavy atom. The average Bonchev–Trinajstić information content (AvgIpc) is 2.96. The third kappa shape index (κ3) is 3.46. The van der Waals surface area contributed by atoms with Gasteiger partial charge in [0.1, 0.15) is 12.7 Å². The molecule has 8 nitrogen and oxygen atoms in total. The topological polar surface area (TPSA) is 88.4 Å². The van der Waals surface area contributed by atoms with Crippen LogP contribution in [0.5, 0.6) is 0 Å². The maximum absolute atomic E-state index is 12.9. The molecule has 0 N–H and O–H groups in total. The molecule has 3 rings (SSSR count). The predicted molar refractivity (Wildman–Crippen MR) is 88.3 cm³/mol. The first-order valence-electron chi connectivity index (χ1n) is 7.65. The molecule has 1 aromatic carbocycles. The van der Waals surface area contributed by atoms with Gasteiger partial charge in [0.05, 0.1) is 17.5 Å². The van der Waals surface area contributed by atoms with E-state index in [9.17, 15) is 13.2 Å². The number of nitrogens with zero attached hydrogens (tertiary/aromatic N) is 5. The van der Waals surface area contributed by atoms with Gasteiger partial charge in [-0.3, -0.25) is 4.79 Å². The fraction of sp³-hybridized carbons (Fsp3) is 0.400. The lowest BCUT2D eigenvalue weighted by atomic mass is 10.1. The lowest BCUT2D eigenvalue weighted by Crippen LogP contribution is -2.37. The molecule has 1 aromatic heterocycles. The van der Waals surface area contributed by atoms with Gasteiger partial charge < -0.3 is 4.90 Å². The Labute approximate surface area is 140 Å². The van der Waals surface area contributed by atoms with Crippen LogP contribution in [0.1, 0.15) is 16.8 Å². The minimum atomic E-state index is -3.23. The van der Waals surface area contributed by atoms with Gasteiger partial charge in [0, 0.05) is 26.2 Å². The molecule has 0 atom stereocenters. The van der Waals surface area contributed by atoms with Gasteiger partial charge in [0.25, 0.3) is 5.91 Å². The maximum atomic E-state index is 12.9. The lowest BCUT2D eigenvalue weighted by molar-refractivity contribution is 0.0764. The van der Waals surface area contributed by atoms with E-state index in [0.717, 1.165) is 0 Å². The van der Waals surface area contributed by atoms with Gasteiger partial charge in [0.15, 0.2) is 0 Å². The summed E-state index contributed by atoms with van der Waals surface area (Å²) in [6.45, 7) is 1.65. The Morgan fingerprint density at radius 3 is 2.62 bits per heavy atom. The second kappa shape index (κ2) is 6.70. The molecule has 0 radical (unpaired) electrons. The summed E-state index contributed by atoms with van der Waals surface area (Å²) in [4.78, 5) is 18.5. The van der Waals surface area contributed by atoms with Crippen molar-refractivity contribution in [2.24, 2.45) is 0 Å². The largest absolute Gasteiger partial charge is 0.337 e. The zero-order valence-electron chi connectivity index (χ0n) is 13.4. The van der Waals surface area contributed by atoms with Crippen LogP contribution in [0.2, 0.25) is 0 Å². The van der Waals surface area contributed by atoms with E-state index in [0.29, 0.717) is 43.9 Å². The zero-order chi connectivity index (χ0) is 17.2. The van der Waals surface area contributed by atoms with Crippen molar-refractivity contribution in [3.05, 3.63) is 42.5 Å². The number of carbonyl (C=O) groups excluding carboxylic acids is 1. The highest BCUT2D eigenvalue weighted by molar-refractivity contribution is 7.88. The lowest BCUT2D eigenvalue weighted by Gasteiger charge is -2.22. The molecule has 2 heterocycles. The van der Waals surface area contributed by atoms with Crippen LogP contribution in [-0.2, 0) is 10.0 Å². The number of benzene rings is 1. The average molecular weight is 349 g/mol. The summed E-state index contributed by atoms with van der Waals surface area (Å²) in [5, 5.41) is 4.08. The molecule has 1 saturated heterocycles. The van der Waals surface area contributed by atoms with E-state index in [-0.39, 0.29) is 5.91 Å². The molecule has 0 unspecified atom stereocenters. The summed E-state index contributed by atoms with van der Waals surface area (Å²) in [5.74, 6) is -0.128. The smallest absolute Gasteiger partial charge is 0.256 e. The van der Waals surface area contributed by atoms with Crippen molar-refractivity contribution < 1.29 is 13.2 Å². The third-order valence-electron chi connectivity index (χ3n) is 4.01. The standard InChI is InChI=1S/C15H19N5O3S/c1-24(22,23)19-8-4-7-18(9-10-19)15(21)13-5-2-3-6-14(13)20-12-16-11-17-20/h2-3,5-6,11-12H,4,7-10H2,1H3. The number of hydrogen-bond acceptors (Lipinski definition) is 5. The highest BCUT2D eigenvalue weighted by Crippen LogP contribution is 2.17. The van der Waals surface area contributed by atoms with Crippen molar-refractivity contribution in [1.82, 2.24) is 24.0 Å². The molecule has 24 heavy (non-hydrogen) atoms. The van der Waals surface area contributed by atoms with Crippen molar-refractivity contribution in [2.75, 3.05) is 32.4 Å². The highest BCUT2D eigenvalue weighted by Gasteiger charge is 2.25. The van der Waals surface area contributed by atoms with Gasteiger partial charge in [-0.25, -0.2) is 22.4 Å². The Hall–Kier alpha value is -2.26. The Kier molecular flexibility index (Phi) is 4.63. The Morgan fingerprint density at radius 2 is 1.92 bits per heavy atom. The van der Waals surface area contributed by atoms with Gasteiger partial charge in [-0.1, -0.05) is 12.1 Å². The first-order valence-corrected chi connectivity index (χ1v) is 9.50. The van der Waals surface area contributed by atoms with E-state index in [1.165, 1.54) is 16.9 Å². The number of para-hydroxylation sites is 1. The summed E-state index contributed by atoms with van der Waals surface area (Å²) in [6, 6.07) is 7.19. The van der Waals surface area contributed by atoms with Crippen LogP contribution in [0.4, 0.5) is 0 Å². The molecule has 1 aliphatic rings. The van der Waals surface area contributed by atoms with Crippen LogP contribution in [0.15, 0.2) is 36.9 Å². The molecule has 2 aromatic rings. The fourth-order valence-electron chi connectivity index (χ4n) is 2.79. The highest BCUT2D eigenvalue weighted by atomic mass is 32.2. The van der Waals surface area contributed by atoms with Crippen molar-refractivity contribution in [1.29, 1.82) is 0 Å². The first kappa shape index (κ1) is 16.6. The Bertz CT molecular complexity index is 819. The van der Waals surface area contributed by atoms with Crippen LogP contribution in [0.25, 0.3) is 5.69 Å². The second-order valence-corrected chi connectivity index (χ2v) is 7.65. The molecule has 0 aliphatic carbocycles. The molecule has 128 valence electrons. The molecule has 0 bridgehead atoms. The first-order chi connectivity index (χ1) is 11.5. The molecule has 0 spiro atoms. The molecule has 0 saturated carbocycles. The van der Waals surface area contributed by atoms with Crippen molar-refractivity contribution >= 4 is 15.9 Å². The Balaban J connectivity index is 1.83. The molecule has 1 aliphatic heterocycles. The van der Waals surface area contributed by atoms with Crippen molar-refractivity contribution in [3.63, 3.8) is 0 Å². The summed E-state index contributed by atoms with van der Waals surface area (Å²) < 4.78 is 26.4. The van der Waals surface area contributed by atoms with E-state index >= 15 is 0 Å². The SMILES string of the molecule is CS(=O)(=O)N1CCCN(C(=O)c2ccccc2-n2cncn2)CC1. The van der Waals surface area contributed by atoms with E-state index in [4.69, 9.17) is 0 Å². The zero-order valence-corrected chi connectivity index (χ0v) is 14.2. The van der Waals surface area contributed by atoms with Crippen LogP contribution >= 0.6 is 0 Å². The maximum Gasteiger partial charge on any atom is 0.256 e. The number of hydrogen-bond donors (Lipinski definition) is 0. The minimum Gasteiger partial charge on any atom is -0.337 e. The summed E-state index contributed by atoms with van der Waals surface area (Å²) in [6.07, 6.45) is 4.77. The third-order valence-corrected chi connectivity index (χ3v) is 5.31. The number of carbonyl (C=O) groups is 1. The van der Waals surface area contributed by atoms with Gasteiger partial charge in [-0.2, -0.15) is 5.10 Å². The van der Waals surface area contributed by atoms with Gasteiger partial charge in [0.2, 0.25) is 10.0 Å². The van der Waals surface area contributed by atoms with Crippen molar-refractivity contribution in [3.8, 4) is 5.69 Å². The van der Waals surface area contributed by atoms with Crippen LogP contribution in [-0.4, -0.2) is 70.7 Å². The number of aromatic nitrogens is 3. The number of amides is 1. The second-order valence-electron chi connectivity index (χ2n) is 5.66. The molecule has 1 fully saturated rings. The number of sulfonamides is 1. The van der Waals surface area contributed by atoms with Gasteiger partial charge >= 0.3 is 0 Å². The number of rotatable bonds is 3. The molecular formula is C15H19N5O3S. The van der Waals surface area contributed by atoms with Crippen LogP contribution in [0, 0.1) is 0 Å². The van der Waals surface area contributed by atoms with E-state index in [1.54, 1.807) is 28.0 Å². The minimum absolute atomic E-state index is 0.128. The summed E-state index contributed by atoms with van der Waals surface area (Å²) >= 11 is 0. The van der Waals surface area contributed by atoms with Crippen molar-refractivity contribution in [2.45, 2.75) is 6.42 Å². The van der Waals surface area contributed by atoms with Gasteiger partial charge in [-0.05, 0) is 18.6 Å². The van der Waals surface area contributed by atoms with Crippen LogP contribution in [0.3, 0.4) is 0 Å². The van der Waals surface area contributed by atoms with E-state index in [1.807, 2.05) is 12.1 Å². The summed E-state index contributed by atoms with van der Waals surface area (Å²) in [5.41, 5.74) is 1.18. The quantitative estimate of drug-likeness (QED) is 0.799.